The van der Waals surface area contributed by atoms with E-state index in [1.807, 2.05) is 32.0 Å². The topological polar surface area (TPSA) is 65.6 Å². The molecule has 3 rings (SSSR count). The molecule has 0 bridgehead atoms. The monoisotopic (exact) mass is 395 g/mol. The Morgan fingerprint density at radius 3 is 2.85 bits per heavy atom. The fourth-order valence-corrected chi connectivity index (χ4v) is 3.67. The summed E-state index contributed by atoms with van der Waals surface area (Å²) in [6.45, 7) is 4.22. The van der Waals surface area contributed by atoms with Crippen LogP contribution in [-0.4, -0.2) is 72.2 Å². The molecular formula is C19H23ClFN3O3. The van der Waals surface area contributed by atoms with Gasteiger partial charge in [-0.1, -0.05) is 23.2 Å². The van der Waals surface area contributed by atoms with Crippen LogP contribution in [0.25, 0.3) is 10.9 Å². The lowest BCUT2D eigenvalue weighted by Crippen LogP contribution is -2.56. The highest BCUT2D eigenvalue weighted by molar-refractivity contribution is 6.38. The van der Waals surface area contributed by atoms with Crippen LogP contribution >= 0.6 is 11.6 Å². The van der Waals surface area contributed by atoms with E-state index in [1.165, 1.54) is 0 Å². The number of aromatic amines is 1. The van der Waals surface area contributed by atoms with Gasteiger partial charge in [-0.05, 0) is 26.0 Å². The molecule has 146 valence electrons. The molecule has 1 N–H and O–H groups in total. The van der Waals surface area contributed by atoms with Gasteiger partial charge >= 0.3 is 0 Å². The SMILES string of the molecule is Cc1ccc2[nH]c(C(=O)N3CCN(C(=O)COCCF)[C@H](C)C3)c(Cl)c2c1. The predicted octanol–water partition coefficient (Wildman–Crippen LogP) is 2.79. The van der Waals surface area contributed by atoms with E-state index < -0.39 is 6.67 Å². The Labute approximate surface area is 162 Å². The molecule has 0 radical (unpaired) electrons. The highest BCUT2D eigenvalue weighted by Crippen LogP contribution is 2.29. The number of amides is 2. The molecule has 6 nitrogen and oxygen atoms in total. The summed E-state index contributed by atoms with van der Waals surface area (Å²) >= 11 is 6.44. The van der Waals surface area contributed by atoms with Gasteiger partial charge < -0.3 is 19.5 Å². The van der Waals surface area contributed by atoms with E-state index in [-0.39, 0.29) is 31.1 Å². The normalized spacial score (nSPS) is 17.6. The van der Waals surface area contributed by atoms with Crippen molar-refractivity contribution in [2.75, 3.05) is 39.5 Å². The van der Waals surface area contributed by atoms with E-state index in [0.717, 1.165) is 16.5 Å². The van der Waals surface area contributed by atoms with Gasteiger partial charge in [-0.15, -0.1) is 0 Å². The molecule has 1 atom stereocenters. The summed E-state index contributed by atoms with van der Waals surface area (Å²) in [5.41, 5.74) is 2.26. The van der Waals surface area contributed by atoms with Gasteiger partial charge in [0.05, 0.1) is 11.6 Å². The van der Waals surface area contributed by atoms with Crippen LogP contribution in [-0.2, 0) is 9.53 Å². The van der Waals surface area contributed by atoms with E-state index in [1.54, 1.807) is 9.80 Å². The Balaban J connectivity index is 1.69. The second-order valence-electron chi connectivity index (χ2n) is 6.79. The molecule has 0 unspecified atom stereocenters. The molecular weight excluding hydrogens is 373 g/mol. The number of H-pyrrole nitrogens is 1. The lowest BCUT2D eigenvalue weighted by Gasteiger charge is -2.39. The number of ether oxygens (including phenoxy) is 1. The minimum atomic E-state index is -0.615. The zero-order valence-electron chi connectivity index (χ0n) is 15.4. The predicted molar refractivity (Wildman–Crippen MR) is 102 cm³/mol. The lowest BCUT2D eigenvalue weighted by atomic mass is 10.1. The Morgan fingerprint density at radius 1 is 1.37 bits per heavy atom. The van der Waals surface area contributed by atoms with Crippen molar-refractivity contribution in [2.45, 2.75) is 19.9 Å². The van der Waals surface area contributed by atoms with Crippen LogP contribution in [0.2, 0.25) is 5.02 Å². The van der Waals surface area contributed by atoms with Crippen molar-refractivity contribution in [3.05, 3.63) is 34.5 Å². The van der Waals surface area contributed by atoms with Crippen LogP contribution < -0.4 is 0 Å². The average Bonchev–Trinajstić information content (AvgIpc) is 2.97. The van der Waals surface area contributed by atoms with Crippen molar-refractivity contribution in [3.8, 4) is 0 Å². The zero-order chi connectivity index (χ0) is 19.6. The Bertz CT molecular complexity index is 854. The number of benzene rings is 1. The van der Waals surface area contributed by atoms with E-state index >= 15 is 0 Å². The summed E-state index contributed by atoms with van der Waals surface area (Å²) in [6, 6.07) is 5.65. The molecule has 1 aromatic carbocycles. The summed E-state index contributed by atoms with van der Waals surface area (Å²) in [4.78, 5) is 31.6. The minimum Gasteiger partial charge on any atom is -0.369 e. The molecule has 0 aliphatic carbocycles. The standard InChI is InChI=1S/C19H23ClFN3O3/c1-12-3-4-15-14(9-12)17(20)18(22-15)19(26)23-6-7-24(13(2)10-23)16(25)11-27-8-5-21/h3-4,9,13,22H,5-8,10-11H2,1-2H3/t13-/m1/s1. The fourth-order valence-electron chi connectivity index (χ4n) is 3.39. The molecule has 2 aromatic rings. The number of carbonyl (C=O) groups is 2. The average molecular weight is 396 g/mol. The summed E-state index contributed by atoms with van der Waals surface area (Å²) in [5.74, 6) is -0.372. The summed E-state index contributed by atoms with van der Waals surface area (Å²) in [5, 5.41) is 1.25. The third-order valence-corrected chi connectivity index (χ3v) is 5.18. The molecule has 0 spiro atoms. The Kier molecular flexibility index (Phi) is 6.01. The minimum absolute atomic E-state index is 0.0864. The molecule has 8 heteroatoms. The van der Waals surface area contributed by atoms with Crippen LogP contribution in [0.4, 0.5) is 4.39 Å². The maximum atomic E-state index is 12.9. The number of hydrogen-bond acceptors (Lipinski definition) is 3. The number of carbonyl (C=O) groups excluding carboxylic acids is 2. The molecule has 2 heterocycles. The van der Waals surface area contributed by atoms with Gasteiger partial charge in [-0.3, -0.25) is 9.59 Å². The van der Waals surface area contributed by atoms with Crippen molar-refractivity contribution in [3.63, 3.8) is 0 Å². The van der Waals surface area contributed by atoms with E-state index in [0.29, 0.717) is 30.4 Å². The van der Waals surface area contributed by atoms with Gasteiger partial charge in [-0.25, -0.2) is 4.39 Å². The second-order valence-corrected chi connectivity index (χ2v) is 7.17. The first-order valence-electron chi connectivity index (χ1n) is 8.92. The van der Waals surface area contributed by atoms with E-state index in [4.69, 9.17) is 16.3 Å². The van der Waals surface area contributed by atoms with Gasteiger partial charge in [0.15, 0.2) is 0 Å². The highest BCUT2D eigenvalue weighted by atomic mass is 35.5. The third kappa shape index (κ3) is 4.09. The molecule has 1 aliphatic heterocycles. The number of nitrogens with one attached hydrogen (secondary N) is 1. The first kappa shape index (κ1) is 19.6. The molecule has 1 fully saturated rings. The van der Waals surface area contributed by atoms with Crippen LogP contribution in [0.5, 0.6) is 0 Å². The first-order valence-corrected chi connectivity index (χ1v) is 9.30. The third-order valence-electron chi connectivity index (χ3n) is 4.79. The van der Waals surface area contributed by atoms with Crippen LogP contribution in [0.15, 0.2) is 18.2 Å². The van der Waals surface area contributed by atoms with Crippen molar-refractivity contribution in [2.24, 2.45) is 0 Å². The van der Waals surface area contributed by atoms with Crippen molar-refractivity contribution in [1.29, 1.82) is 0 Å². The van der Waals surface area contributed by atoms with Crippen LogP contribution in [0, 0.1) is 6.92 Å². The molecule has 1 aromatic heterocycles. The van der Waals surface area contributed by atoms with Gasteiger partial charge in [-0.2, -0.15) is 0 Å². The largest absolute Gasteiger partial charge is 0.369 e. The number of fused-ring (bicyclic) bond motifs is 1. The molecule has 27 heavy (non-hydrogen) atoms. The Morgan fingerprint density at radius 2 is 2.15 bits per heavy atom. The summed E-state index contributed by atoms with van der Waals surface area (Å²) < 4.78 is 17.1. The summed E-state index contributed by atoms with van der Waals surface area (Å²) in [6.07, 6.45) is 0. The van der Waals surface area contributed by atoms with Crippen molar-refractivity contribution >= 4 is 34.3 Å². The number of rotatable bonds is 5. The quantitative estimate of drug-likeness (QED) is 0.792. The molecule has 2 amide bonds. The van der Waals surface area contributed by atoms with Crippen molar-refractivity contribution < 1.29 is 18.7 Å². The van der Waals surface area contributed by atoms with Gasteiger partial charge in [0.2, 0.25) is 5.91 Å². The molecule has 1 aliphatic rings. The van der Waals surface area contributed by atoms with E-state index in [2.05, 4.69) is 4.98 Å². The Hall–Kier alpha value is -2.12. The first-order chi connectivity index (χ1) is 12.9. The van der Waals surface area contributed by atoms with Crippen LogP contribution in [0.1, 0.15) is 23.0 Å². The number of hydrogen-bond donors (Lipinski definition) is 1. The van der Waals surface area contributed by atoms with Gasteiger partial charge in [0.1, 0.15) is 19.0 Å². The van der Waals surface area contributed by atoms with Gasteiger partial charge in [0, 0.05) is 36.6 Å². The maximum absolute atomic E-state index is 12.9. The number of piperazine rings is 1. The number of nitrogens with zero attached hydrogens (tertiary/aromatic N) is 2. The zero-order valence-corrected chi connectivity index (χ0v) is 16.2. The number of alkyl halides is 1. The highest BCUT2D eigenvalue weighted by Gasteiger charge is 2.31. The van der Waals surface area contributed by atoms with Crippen LogP contribution in [0.3, 0.4) is 0 Å². The van der Waals surface area contributed by atoms with E-state index in [9.17, 15) is 14.0 Å². The summed E-state index contributed by atoms with van der Waals surface area (Å²) in [7, 11) is 0. The second kappa shape index (κ2) is 8.27. The number of aromatic nitrogens is 1. The smallest absolute Gasteiger partial charge is 0.271 e. The maximum Gasteiger partial charge on any atom is 0.271 e. The molecule has 1 saturated heterocycles. The van der Waals surface area contributed by atoms with Gasteiger partial charge in [0.25, 0.3) is 5.91 Å². The molecule has 0 saturated carbocycles. The van der Waals surface area contributed by atoms with Crippen molar-refractivity contribution in [1.82, 2.24) is 14.8 Å². The lowest BCUT2D eigenvalue weighted by molar-refractivity contribution is -0.140. The number of halogens is 2. The fraction of sp³-hybridized carbons (Fsp3) is 0.474. The number of aryl methyl sites for hydroxylation is 1.